The van der Waals surface area contributed by atoms with Crippen molar-refractivity contribution in [3.63, 3.8) is 0 Å². The highest BCUT2D eigenvalue weighted by Crippen LogP contribution is 2.18. The molecule has 0 saturated heterocycles. The molecule has 2 rings (SSSR count). The number of nitrogens with one attached hydrogen (secondary N) is 2. The third-order valence-electron chi connectivity index (χ3n) is 3.38. The van der Waals surface area contributed by atoms with Gasteiger partial charge in [-0.3, -0.25) is 15.1 Å². The van der Waals surface area contributed by atoms with Crippen molar-refractivity contribution in [2.75, 3.05) is 11.9 Å². The van der Waals surface area contributed by atoms with Gasteiger partial charge in [-0.15, -0.1) is 0 Å². The molecule has 0 bridgehead atoms. The zero-order chi connectivity index (χ0) is 16.5. The number of carbonyl (C=O) groups is 1. The van der Waals surface area contributed by atoms with Gasteiger partial charge in [-0.25, -0.2) is 4.79 Å². The van der Waals surface area contributed by atoms with E-state index in [9.17, 15) is 9.59 Å². The van der Waals surface area contributed by atoms with E-state index in [1.165, 1.54) is 0 Å². The van der Waals surface area contributed by atoms with Gasteiger partial charge in [0, 0.05) is 24.2 Å². The molecule has 2 aromatic rings. The van der Waals surface area contributed by atoms with Crippen LogP contribution in [0.2, 0.25) is 0 Å². The highest BCUT2D eigenvalue weighted by molar-refractivity contribution is 5.85. The lowest BCUT2D eigenvalue weighted by Gasteiger charge is -2.08. The van der Waals surface area contributed by atoms with E-state index in [0.29, 0.717) is 6.61 Å². The molecule has 0 aliphatic heterocycles. The van der Waals surface area contributed by atoms with Crippen molar-refractivity contribution in [2.45, 2.75) is 32.6 Å². The van der Waals surface area contributed by atoms with Crippen LogP contribution in [-0.4, -0.2) is 22.7 Å². The molecule has 0 aliphatic carbocycles. The zero-order valence-electron chi connectivity index (χ0n) is 13.2. The maximum absolute atomic E-state index is 11.8. The summed E-state index contributed by atoms with van der Waals surface area (Å²) < 4.78 is 5.08. The largest absolute Gasteiger partial charge is 0.449 e. The number of aromatic amines is 1. The number of amides is 1. The summed E-state index contributed by atoms with van der Waals surface area (Å²) in [6, 6.07) is 5.26. The Labute approximate surface area is 134 Å². The van der Waals surface area contributed by atoms with Crippen molar-refractivity contribution in [3.05, 3.63) is 47.1 Å². The maximum Gasteiger partial charge on any atom is 0.411 e. The minimum atomic E-state index is -0.612. The van der Waals surface area contributed by atoms with Crippen LogP contribution in [0.15, 0.2) is 41.6 Å². The normalized spacial score (nSPS) is 10.3. The van der Waals surface area contributed by atoms with E-state index in [1.807, 2.05) is 12.1 Å². The van der Waals surface area contributed by atoms with Crippen molar-refractivity contribution in [3.8, 4) is 11.1 Å². The molecule has 0 radical (unpaired) electrons. The molecule has 2 aromatic heterocycles. The van der Waals surface area contributed by atoms with Crippen LogP contribution in [0, 0.1) is 0 Å². The van der Waals surface area contributed by atoms with Gasteiger partial charge in [0.2, 0.25) is 0 Å². The average molecular weight is 315 g/mol. The van der Waals surface area contributed by atoms with E-state index in [1.54, 1.807) is 24.7 Å². The number of aromatic nitrogens is 2. The van der Waals surface area contributed by atoms with Crippen LogP contribution in [0.1, 0.15) is 32.6 Å². The lowest BCUT2D eigenvalue weighted by molar-refractivity contribution is 0.159. The third kappa shape index (κ3) is 5.25. The highest BCUT2D eigenvalue weighted by atomic mass is 16.5. The number of hydrogen-bond donors (Lipinski definition) is 2. The second-order valence-corrected chi connectivity index (χ2v) is 5.19. The number of unbranched alkanes of at least 4 members (excludes halogenated alkanes) is 3. The molecule has 0 saturated carbocycles. The smallest absolute Gasteiger partial charge is 0.411 e. The molecule has 0 spiro atoms. The van der Waals surface area contributed by atoms with Gasteiger partial charge >= 0.3 is 6.09 Å². The lowest BCUT2D eigenvalue weighted by Crippen LogP contribution is -2.20. The number of carbonyl (C=O) groups excluding carboxylic acids is 1. The lowest BCUT2D eigenvalue weighted by atomic mass is 10.1. The van der Waals surface area contributed by atoms with E-state index < -0.39 is 6.09 Å². The Hall–Kier alpha value is -2.63. The maximum atomic E-state index is 11.8. The first kappa shape index (κ1) is 16.7. The molecule has 6 nitrogen and oxygen atoms in total. The Morgan fingerprint density at radius 2 is 2.00 bits per heavy atom. The molecule has 0 unspecified atom stereocenters. The number of ether oxygens (including phenoxy) is 1. The summed E-state index contributed by atoms with van der Waals surface area (Å²) in [5.41, 5.74) is 1.47. The molecular formula is C17H21N3O3. The second-order valence-electron chi connectivity index (χ2n) is 5.19. The van der Waals surface area contributed by atoms with Gasteiger partial charge in [-0.1, -0.05) is 26.2 Å². The molecule has 2 heterocycles. The first-order chi connectivity index (χ1) is 11.2. The van der Waals surface area contributed by atoms with Crippen LogP contribution < -0.4 is 10.9 Å². The molecule has 0 fully saturated rings. The van der Waals surface area contributed by atoms with Gasteiger partial charge in [0.25, 0.3) is 5.56 Å². The summed E-state index contributed by atoms with van der Waals surface area (Å²) in [6.07, 6.45) is 8.42. The highest BCUT2D eigenvalue weighted by Gasteiger charge is 2.08. The summed E-state index contributed by atoms with van der Waals surface area (Å²) in [5, 5.41) is 2.49. The quantitative estimate of drug-likeness (QED) is 0.765. The van der Waals surface area contributed by atoms with Crippen LogP contribution >= 0.6 is 0 Å². The van der Waals surface area contributed by atoms with E-state index in [4.69, 9.17) is 4.74 Å². The Kier molecular flexibility index (Phi) is 6.35. The van der Waals surface area contributed by atoms with E-state index in [-0.39, 0.29) is 11.2 Å². The van der Waals surface area contributed by atoms with Gasteiger partial charge in [-0.05, 0) is 30.2 Å². The van der Waals surface area contributed by atoms with Gasteiger partial charge in [0.05, 0.1) is 6.61 Å². The molecule has 0 atom stereocenters. The Bertz CT molecular complexity index is 683. The SMILES string of the molecule is CCCCCCOC(=O)Nc1cc(-c2ccncc2)c[nH]c1=O. The Balaban J connectivity index is 1.97. The molecule has 0 aliphatic rings. The van der Waals surface area contributed by atoms with Crippen LogP contribution in [0.25, 0.3) is 11.1 Å². The van der Waals surface area contributed by atoms with Crippen LogP contribution in [0.4, 0.5) is 10.5 Å². The second kappa shape index (κ2) is 8.73. The molecular weight excluding hydrogens is 294 g/mol. The third-order valence-corrected chi connectivity index (χ3v) is 3.38. The monoisotopic (exact) mass is 315 g/mol. The Morgan fingerprint density at radius 3 is 2.74 bits per heavy atom. The van der Waals surface area contributed by atoms with Gasteiger partial charge in [-0.2, -0.15) is 0 Å². The van der Waals surface area contributed by atoms with E-state index >= 15 is 0 Å². The number of rotatable bonds is 7. The van der Waals surface area contributed by atoms with Crippen LogP contribution in [-0.2, 0) is 4.74 Å². The molecule has 23 heavy (non-hydrogen) atoms. The van der Waals surface area contributed by atoms with Crippen molar-refractivity contribution in [2.24, 2.45) is 0 Å². The standard InChI is InChI=1S/C17H21N3O3/c1-2-3-4-5-10-23-17(22)20-15-11-14(12-19-16(15)21)13-6-8-18-9-7-13/h6-9,11-12H,2-5,10H2,1H3,(H,19,21)(H,20,22). The number of pyridine rings is 2. The van der Waals surface area contributed by atoms with Gasteiger partial charge in [0.1, 0.15) is 5.69 Å². The topological polar surface area (TPSA) is 84.1 Å². The number of nitrogens with zero attached hydrogens (tertiary/aromatic N) is 1. The van der Waals surface area contributed by atoms with Crippen molar-refractivity contribution in [1.82, 2.24) is 9.97 Å². The molecule has 2 N–H and O–H groups in total. The fraction of sp³-hybridized carbons (Fsp3) is 0.353. The summed E-state index contributed by atoms with van der Waals surface area (Å²) in [4.78, 5) is 30.1. The van der Waals surface area contributed by atoms with Crippen molar-refractivity contribution in [1.29, 1.82) is 0 Å². The molecule has 6 heteroatoms. The Morgan fingerprint density at radius 1 is 1.22 bits per heavy atom. The minimum Gasteiger partial charge on any atom is -0.449 e. The van der Waals surface area contributed by atoms with Gasteiger partial charge in [0.15, 0.2) is 0 Å². The molecule has 0 aromatic carbocycles. The van der Waals surface area contributed by atoms with Crippen LogP contribution in [0.5, 0.6) is 0 Å². The number of H-pyrrole nitrogens is 1. The first-order valence-corrected chi connectivity index (χ1v) is 7.77. The fourth-order valence-electron chi connectivity index (χ4n) is 2.13. The van der Waals surface area contributed by atoms with Gasteiger partial charge < -0.3 is 9.72 Å². The zero-order valence-corrected chi connectivity index (χ0v) is 13.2. The minimum absolute atomic E-state index is 0.165. The number of anilines is 1. The fourth-order valence-corrected chi connectivity index (χ4v) is 2.13. The predicted molar refractivity (Wildman–Crippen MR) is 89.4 cm³/mol. The average Bonchev–Trinajstić information content (AvgIpc) is 2.57. The summed E-state index contributed by atoms with van der Waals surface area (Å²) in [6.45, 7) is 2.48. The van der Waals surface area contributed by atoms with E-state index in [2.05, 4.69) is 22.2 Å². The first-order valence-electron chi connectivity index (χ1n) is 7.77. The summed E-state index contributed by atoms with van der Waals surface area (Å²) in [7, 11) is 0. The number of hydrogen-bond acceptors (Lipinski definition) is 4. The summed E-state index contributed by atoms with van der Waals surface area (Å²) in [5.74, 6) is 0. The molecule has 122 valence electrons. The molecule has 1 amide bonds. The van der Waals surface area contributed by atoms with Crippen molar-refractivity contribution >= 4 is 11.8 Å². The van der Waals surface area contributed by atoms with Crippen LogP contribution in [0.3, 0.4) is 0 Å². The van der Waals surface area contributed by atoms with E-state index in [0.717, 1.165) is 36.8 Å². The summed E-state index contributed by atoms with van der Waals surface area (Å²) >= 11 is 0. The predicted octanol–water partition coefficient (Wildman–Crippen LogP) is 3.57. The van der Waals surface area contributed by atoms with Crippen molar-refractivity contribution < 1.29 is 9.53 Å².